The number of aromatic nitrogens is 2. The second kappa shape index (κ2) is 8.83. The molecule has 0 N–H and O–H groups in total. The molecule has 0 saturated heterocycles. The Morgan fingerprint density at radius 3 is 1.74 bits per heavy atom. The minimum absolute atomic E-state index is 0.0327. The molecule has 164 valence electrons. The average molecular weight is 441 g/mol. The molecule has 34 heavy (non-hydrogen) atoms. The van der Waals surface area contributed by atoms with Crippen LogP contribution in [0.3, 0.4) is 0 Å². The SMILES string of the molecule is c1ccc(C2=NN(c3ccccc3)[C@@H](c3cn(-c4ccccc4)nc3-c3ccccc3)C2)cc1. The standard InChI is InChI=1S/C30H24N4/c1-5-13-23(14-6-1)28-21-29(34(31-28)26-19-11-4-12-20-26)27-22-33(25-17-9-3-10-18-25)32-30(27)24-15-7-2-8-16-24/h1-20,22,29H,21H2/t29-/m1/s1. The van der Waals surface area contributed by atoms with E-state index in [0.717, 1.165) is 45.9 Å². The van der Waals surface area contributed by atoms with Gasteiger partial charge in [-0.1, -0.05) is 97.1 Å². The Morgan fingerprint density at radius 2 is 1.12 bits per heavy atom. The van der Waals surface area contributed by atoms with Crippen LogP contribution in [-0.4, -0.2) is 15.5 Å². The Bertz CT molecular complexity index is 1410. The van der Waals surface area contributed by atoms with Gasteiger partial charge in [0.25, 0.3) is 0 Å². The van der Waals surface area contributed by atoms with E-state index in [2.05, 4.69) is 96.1 Å². The van der Waals surface area contributed by atoms with Crippen LogP contribution in [0.25, 0.3) is 16.9 Å². The maximum atomic E-state index is 5.12. The lowest BCUT2D eigenvalue weighted by molar-refractivity contribution is 0.709. The van der Waals surface area contributed by atoms with Gasteiger partial charge in [0, 0.05) is 23.7 Å². The van der Waals surface area contributed by atoms with E-state index in [-0.39, 0.29) is 6.04 Å². The Hall–Kier alpha value is -4.44. The summed E-state index contributed by atoms with van der Waals surface area (Å²) >= 11 is 0. The first-order valence-corrected chi connectivity index (χ1v) is 11.5. The molecule has 4 heteroatoms. The third-order valence-electron chi connectivity index (χ3n) is 6.21. The number of hydrogen-bond acceptors (Lipinski definition) is 3. The average Bonchev–Trinajstić information content (AvgIpc) is 3.56. The van der Waals surface area contributed by atoms with Crippen molar-refractivity contribution in [3.05, 3.63) is 139 Å². The van der Waals surface area contributed by atoms with E-state index in [0.29, 0.717) is 0 Å². The van der Waals surface area contributed by atoms with Gasteiger partial charge in [-0.25, -0.2) is 4.68 Å². The Labute approximate surface area is 199 Å². The summed E-state index contributed by atoms with van der Waals surface area (Å²) in [5.41, 5.74) is 7.61. The Morgan fingerprint density at radius 1 is 0.588 bits per heavy atom. The minimum atomic E-state index is 0.0327. The van der Waals surface area contributed by atoms with Gasteiger partial charge in [0.05, 0.1) is 28.8 Å². The van der Waals surface area contributed by atoms with Gasteiger partial charge in [-0.3, -0.25) is 5.01 Å². The van der Waals surface area contributed by atoms with Gasteiger partial charge in [-0.2, -0.15) is 10.2 Å². The van der Waals surface area contributed by atoms with E-state index in [4.69, 9.17) is 10.2 Å². The molecule has 5 aromatic rings. The zero-order valence-electron chi connectivity index (χ0n) is 18.7. The first-order valence-electron chi connectivity index (χ1n) is 11.5. The summed E-state index contributed by atoms with van der Waals surface area (Å²) < 4.78 is 1.99. The lowest BCUT2D eigenvalue weighted by Gasteiger charge is -2.23. The molecule has 4 aromatic carbocycles. The smallest absolute Gasteiger partial charge is 0.0981 e. The van der Waals surface area contributed by atoms with Crippen molar-refractivity contribution in [3.63, 3.8) is 0 Å². The molecule has 4 nitrogen and oxygen atoms in total. The van der Waals surface area contributed by atoms with Crippen LogP contribution >= 0.6 is 0 Å². The molecule has 0 saturated carbocycles. The number of hydrazone groups is 1. The maximum Gasteiger partial charge on any atom is 0.0981 e. The predicted molar refractivity (Wildman–Crippen MR) is 138 cm³/mol. The van der Waals surface area contributed by atoms with Gasteiger partial charge in [0.1, 0.15) is 0 Å². The molecular weight excluding hydrogens is 416 g/mol. The van der Waals surface area contributed by atoms with Crippen LogP contribution in [0.15, 0.2) is 133 Å². The molecule has 1 aliphatic heterocycles. The van der Waals surface area contributed by atoms with E-state index in [1.807, 2.05) is 41.1 Å². The van der Waals surface area contributed by atoms with Gasteiger partial charge in [-0.15, -0.1) is 0 Å². The molecule has 0 radical (unpaired) electrons. The first kappa shape index (κ1) is 20.2. The number of anilines is 1. The fourth-order valence-corrected chi connectivity index (χ4v) is 4.54. The highest BCUT2D eigenvalue weighted by atomic mass is 15.5. The summed E-state index contributed by atoms with van der Waals surface area (Å²) in [7, 11) is 0. The monoisotopic (exact) mass is 440 g/mol. The third kappa shape index (κ3) is 3.80. The summed E-state index contributed by atoms with van der Waals surface area (Å²) in [6.07, 6.45) is 2.97. The third-order valence-corrected chi connectivity index (χ3v) is 6.21. The van der Waals surface area contributed by atoms with Crippen LogP contribution in [0, 0.1) is 0 Å². The number of nitrogens with zero attached hydrogens (tertiary/aromatic N) is 4. The quantitative estimate of drug-likeness (QED) is 0.298. The Kier molecular flexibility index (Phi) is 5.24. The molecule has 0 aliphatic carbocycles. The van der Waals surface area contributed by atoms with Crippen molar-refractivity contribution < 1.29 is 0 Å². The number of benzene rings is 4. The van der Waals surface area contributed by atoms with Crippen molar-refractivity contribution in [2.45, 2.75) is 12.5 Å². The fourth-order valence-electron chi connectivity index (χ4n) is 4.54. The minimum Gasteiger partial charge on any atom is -0.257 e. The maximum absolute atomic E-state index is 5.12. The lowest BCUT2D eigenvalue weighted by atomic mass is 9.96. The van der Waals surface area contributed by atoms with Crippen LogP contribution < -0.4 is 5.01 Å². The first-order chi connectivity index (χ1) is 16.9. The Balaban J connectivity index is 1.50. The van der Waals surface area contributed by atoms with Crippen LogP contribution in [0.5, 0.6) is 0 Å². The van der Waals surface area contributed by atoms with Crippen LogP contribution in [-0.2, 0) is 0 Å². The van der Waals surface area contributed by atoms with Crippen molar-refractivity contribution >= 4 is 11.4 Å². The van der Waals surface area contributed by atoms with Crippen molar-refractivity contribution in [1.82, 2.24) is 9.78 Å². The summed E-state index contributed by atoms with van der Waals surface area (Å²) in [6.45, 7) is 0. The van der Waals surface area contributed by atoms with Crippen molar-refractivity contribution in [1.29, 1.82) is 0 Å². The van der Waals surface area contributed by atoms with E-state index < -0.39 is 0 Å². The van der Waals surface area contributed by atoms with Gasteiger partial charge in [-0.05, 0) is 29.8 Å². The summed E-state index contributed by atoms with van der Waals surface area (Å²) in [5, 5.41) is 12.3. The zero-order chi connectivity index (χ0) is 22.7. The van der Waals surface area contributed by atoms with Crippen LogP contribution in [0.2, 0.25) is 0 Å². The van der Waals surface area contributed by atoms with Crippen molar-refractivity contribution in [2.75, 3.05) is 5.01 Å². The van der Waals surface area contributed by atoms with E-state index in [1.54, 1.807) is 0 Å². The second-order valence-corrected chi connectivity index (χ2v) is 8.39. The number of hydrogen-bond donors (Lipinski definition) is 0. The topological polar surface area (TPSA) is 33.4 Å². The highest BCUT2D eigenvalue weighted by molar-refractivity contribution is 6.03. The molecule has 2 heterocycles. The highest BCUT2D eigenvalue weighted by Gasteiger charge is 2.33. The van der Waals surface area contributed by atoms with Crippen LogP contribution in [0.1, 0.15) is 23.6 Å². The summed E-state index contributed by atoms with van der Waals surface area (Å²) in [6, 6.07) is 41.6. The zero-order valence-corrected chi connectivity index (χ0v) is 18.7. The molecule has 1 aromatic heterocycles. The molecule has 0 amide bonds. The van der Waals surface area contributed by atoms with Gasteiger partial charge in [0.2, 0.25) is 0 Å². The molecule has 1 atom stereocenters. The molecule has 6 rings (SSSR count). The molecular formula is C30H24N4. The fraction of sp³-hybridized carbons (Fsp3) is 0.0667. The largest absolute Gasteiger partial charge is 0.257 e. The second-order valence-electron chi connectivity index (χ2n) is 8.39. The molecule has 0 bridgehead atoms. The van der Waals surface area contributed by atoms with Gasteiger partial charge < -0.3 is 0 Å². The highest BCUT2D eigenvalue weighted by Crippen LogP contribution is 2.40. The van der Waals surface area contributed by atoms with Crippen LogP contribution in [0.4, 0.5) is 5.69 Å². The van der Waals surface area contributed by atoms with Gasteiger partial charge >= 0.3 is 0 Å². The van der Waals surface area contributed by atoms with E-state index >= 15 is 0 Å². The summed E-state index contributed by atoms with van der Waals surface area (Å²) in [4.78, 5) is 0. The molecule has 1 aliphatic rings. The molecule has 0 unspecified atom stereocenters. The normalized spacial score (nSPS) is 15.4. The number of rotatable bonds is 5. The van der Waals surface area contributed by atoms with Gasteiger partial charge in [0.15, 0.2) is 0 Å². The molecule has 0 fully saturated rings. The summed E-state index contributed by atoms with van der Waals surface area (Å²) in [5.74, 6) is 0. The predicted octanol–water partition coefficient (Wildman–Crippen LogP) is 6.90. The van der Waals surface area contributed by atoms with E-state index in [1.165, 1.54) is 0 Å². The van der Waals surface area contributed by atoms with E-state index in [9.17, 15) is 0 Å². The van der Waals surface area contributed by atoms with Crippen molar-refractivity contribution in [2.24, 2.45) is 5.10 Å². The van der Waals surface area contributed by atoms with Crippen molar-refractivity contribution in [3.8, 4) is 16.9 Å². The lowest BCUT2D eigenvalue weighted by Crippen LogP contribution is -2.18. The molecule has 0 spiro atoms. The number of para-hydroxylation sites is 2.